The molecule has 0 fully saturated rings. The molecule has 3 rings (SSSR count). The van der Waals surface area contributed by atoms with Crippen LogP contribution in [0.2, 0.25) is 10.0 Å². The Hall–Kier alpha value is -2.31. The van der Waals surface area contributed by atoms with Crippen molar-refractivity contribution in [3.63, 3.8) is 0 Å². The average Bonchev–Trinajstić information content (AvgIpc) is 3.09. The van der Waals surface area contributed by atoms with Gasteiger partial charge in [0.05, 0.1) is 29.1 Å². The third-order valence-electron chi connectivity index (χ3n) is 3.62. The van der Waals surface area contributed by atoms with E-state index in [0.717, 1.165) is 11.3 Å². The predicted molar refractivity (Wildman–Crippen MR) is 93.7 cm³/mol. The monoisotopic (exact) mass is 363 g/mol. The van der Waals surface area contributed by atoms with Crippen molar-refractivity contribution in [2.75, 3.05) is 5.32 Å². The fourth-order valence-corrected chi connectivity index (χ4v) is 2.58. The number of rotatable bonds is 4. The number of nitrogens with zero attached hydrogens (tertiary/aromatic N) is 4. The van der Waals surface area contributed by atoms with E-state index in [9.17, 15) is 4.79 Å². The Morgan fingerprint density at radius 2 is 1.96 bits per heavy atom. The summed E-state index contributed by atoms with van der Waals surface area (Å²) in [7, 11) is 1.74. The van der Waals surface area contributed by atoms with Crippen LogP contribution < -0.4 is 5.32 Å². The molecule has 0 saturated heterocycles. The first-order chi connectivity index (χ1) is 11.4. The highest BCUT2D eigenvalue weighted by atomic mass is 35.5. The molecule has 2 heterocycles. The highest BCUT2D eigenvalue weighted by molar-refractivity contribution is 6.34. The molecule has 3 aromatic rings. The molecule has 0 aliphatic heterocycles. The molecule has 1 aromatic carbocycles. The lowest BCUT2D eigenvalue weighted by atomic mass is 10.2. The van der Waals surface area contributed by atoms with Gasteiger partial charge < -0.3 is 5.32 Å². The zero-order valence-electron chi connectivity index (χ0n) is 13.1. The number of halogens is 2. The maximum atomic E-state index is 12.3. The first-order valence-electron chi connectivity index (χ1n) is 7.21. The van der Waals surface area contributed by atoms with E-state index in [4.69, 9.17) is 23.2 Å². The number of anilines is 1. The molecule has 0 bridgehead atoms. The van der Waals surface area contributed by atoms with Crippen molar-refractivity contribution < 1.29 is 4.79 Å². The molecular formula is C16H15Cl2N5O. The van der Waals surface area contributed by atoms with Gasteiger partial charge >= 0.3 is 0 Å². The largest absolute Gasteiger partial charge is 0.318 e. The highest BCUT2D eigenvalue weighted by Crippen LogP contribution is 2.20. The first kappa shape index (κ1) is 16.5. The highest BCUT2D eigenvalue weighted by Gasteiger charge is 2.18. The lowest BCUT2D eigenvalue weighted by Crippen LogP contribution is -2.13. The second-order valence-electron chi connectivity index (χ2n) is 5.38. The van der Waals surface area contributed by atoms with E-state index in [0.29, 0.717) is 22.3 Å². The second-order valence-corrected chi connectivity index (χ2v) is 6.19. The molecule has 6 nitrogen and oxygen atoms in total. The van der Waals surface area contributed by atoms with Crippen molar-refractivity contribution in [1.82, 2.24) is 19.6 Å². The molecule has 1 N–H and O–H groups in total. The van der Waals surface area contributed by atoms with Crippen LogP contribution in [0.1, 0.15) is 21.7 Å². The lowest BCUT2D eigenvalue weighted by Gasteiger charge is -2.02. The minimum Gasteiger partial charge on any atom is -0.318 e. The van der Waals surface area contributed by atoms with Gasteiger partial charge in [-0.15, -0.1) is 0 Å². The molecule has 0 aliphatic carbocycles. The van der Waals surface area contributed by atoms with Crippen LogP contribution in [0.4, 0.5) is 5.69 Å². The van der Waals surface area contributed by atoms with Gasteiger partial charge in [-0.2, -0.15) is 10.2 Å². The molecule has 2 aromatic heterocycles. The number of hydrogen-bond acceptors (Lipinski definition) is 3. The second kappa shape index (κ2) is 6.67. The average molecular weight is 364 g/mol. The SMILES string of the molecule is Cc1c(Cl)c(C(=O)Nc2cnn(Cc3ccc(Cl)cc3)c2)nn1C. The Morgan fingerprint density at radius 1 is 1.25 bits per heavy atom. The van der Waals surface area contributed by atoms with E-state index >= 15 is 0 Å². The van der Waals surface area contributed by atoms with Crippen LogP contribution in [0.25, 0.3) is 0 Å². The topological polar surface area (TPSA) is 64.7 Å². The van der Waals surface area contributed by atoms with E-state index in [2.05, 4.69) is 15.5 Å². The number of nitrogens with one attached hydrogen (secondary N) is 1. The fraction of sp³-hybridized carbons (Fsp3) is 0.188. The maximum Gasteiger partial charge on any atom is 0.277 e. The Kier molecular flexibility index (Phi) is 4.59. The third-order valence-corrected chi connectivity index (χ3v) is 4.33. The summed E-state index contributed by atoms with van der Waals surface area (Å²) in [6.45, 7) is 2.38. The molecule has 24 heavy (non-hydrogen) atoms. The molecule has 8 heteroatoms. The van der Waals surface area contributed by atoms with E-state index in [1.54, 1.807) is 35.7 Å². The summed E-state index contributed by atoms with van der Waals surface area (Å²) in [4.78, 5) is 12.3. The Bertz CT molecular complexity index is 883. The van der Waals surface area contributed by atoms with Gasteiger partial charge in [0.2, 0.25) is 0 Å². The number of aromatic nitrogens is 4. The van der Waals surface area contributed by atoms with Gasteiger partial charge in [-0.05, 0) is 24.6 Å². The Balaban J connectivity index is 1.70. The van der Waals surface area contributed by atoms with Crippen LogP contribution >= 0.6 is 23.2 Å². The lowest BCUT2D eigenvalue weighted by molar-refractivity contribution is 0.102. The minimum atomic E-state index is -0.366. The number of amides is 1. The van der Waals surface area contributed by atoms with Gasteiger partial charge in [-0.3, -0.25) is 14.2 Å². The minimum absolute atomic E-state index is 0.196. The van der Waals surface area contributed by atoms with Gasteiger partial charge in [-0.1, -0.05) is 35.3 Å². The summed E-state index contributed by atoms with van der Waals surface area (Å²) in [5.41, 5.74) is 2.57. The normalized spacial score (nSPS) is 10.8. The zero-order chi connectivity index (χ0) is 17.3. The van der Waals surface area contributed by atoms with E-state index in [-0.39, 0.29) is 11.6 Å². The smallest absolute Gasteiger partial charge is 0.277 e. The summed E-state index contributed by atoms with van der Waals surface area (Å²) < 4.78 is 3.30. The first-order valence-corrected chi connectivity index (χ1v) is 7.97. The number of aryl methyl sites for hydroxylation is 1. The molecule has 1 amide bonds. The molecular weight excluding hydrogens is 349 g/mol. The number of hydrogen-bond donors (Lipinski definition) is 1. The van der Waals surface area contributed by atoms with Crippen LogP contribution in [0.3, 0.4) is 0 Å². The fourth-order valence-electron chi connectivity index (χ4n) is 2.21. The van der Waals surface area contributed by atoms with E-state index in [1.165, 1.54) is 0 Å². The summed E-state index contributed by atoms with van der Waals surface area (Å²) in [5.74, 6) is -0.366. The summed E-state index contributed by atoms with van der Waals surface area (Å²) in [5, 5.41) is 12.1. The number of carbonyl (C=O) groups is 1. The maximum absolute atomic E-state index is 12.3. The molecule has 0 radical (unpaired) electrons. The van der Waals surface area contributed by atoms with Crippen molar-refractivity contribution >= 4 is 34.8 Å². The third kappa shape index (κ3) is 3.44. The summed E-state index contributed by atoms with van der Waals surface area (Å²) >= 11 is 12.0. The number of benzene rings is 1. The summed E-state index contributed by atoms with van der Waals surface area (Å²) in [6.07, 6.45) is 3.33. The van der Waals surface area contributed by atoms with Crippen LogP contribution in [0, 0.1) is 6.92 Å². The van der Waals surface area contributed by atoms with Crippen molar-refractivity contribution in [3.05, 3.63) is 63.7 Å². The zero-order valence-corrected chi connectivity index (χ0v) is 14.6. The van der Waals surface area contributed by atoms with E-state index in [1.807, 2.05) is 24.3 Å². The molecule has 0 atom stereocenters. The molecule has 0 aliphatic rings. The quantitative estimate of drug-likeness (QED) is 0.770. The van der Waals surface area contributed by atoms with Gasteiger partial charge in [0.1, 0.15) is 0 Å². The van der Waals surface area contributed by atoms with Crippen LogP contribution in [0.5, 0.6) is 0 Å². The van der Waals surface area contributed by atoms with Crippen molar-refractivity contribution in [3.8, 4) is 0 Å². The standard InChI is InChI=1S/C16H15Cl2N5O/c1-10-14(18)15(21-22(10)2)16(24)20-13-7-19-23(9-13)8-11-3-5-12(17)6-4-11/h3-7,9H,8H2,1-2H3,(H,20,24). The Morgan fingerprint density at radius 3 is 2.58 bits per heavy atom. The molecule has 124 valence electrons. The van der Waals surface area contributed by atoms with E-state index < -0.39 is 0 Å². The van der Waals surface area contributed by atoms with Crippen molar-refractivity contribution in [2.45, 2.75) is 13.5 Å². The van der Waals surface area contributed by atoms with Crippen molar-refractivity contribution in [1.29, 1.82) is 0 Å². The summed E-state index contributed by atoms with van der Waals surface area (Å²) in [6, 6.07) is 7.51. The van der Waals surface area contributed by atoms with Gasteiger partial charge in [0.15, 0.2) is 5.69 Å². The molecule has 0 saturated carbocycles. The molecule has 0 spiro atoms. The van der Waals surface area contributed by atoms with Gasteiger partial charge in [-0.25, -0.2) is 0 Å². The Labute approximate surface area is 149 Å². The van der Waals surface area contributed by atoms with Gasteiger partial charge in [0, 0.05) is 18.3 Å². The number of carbonyl (C=O) groups excluding carboxylic acids is 1. The van der Waals surface area contributed by atoms with Crippen LogP contribution in [0.15, 0.2) is 36.7 Å². The van der Waals surface area contributed by atoms with Crippen LogP contribution in [-0.4, -0.2) is 25.5 Å². The van der Waals surface area contributed by atoms with Crippen molar-refractivity contribution in [2.24, 2.45) is 7.05 Å². The van der Waals surface area contributed by atoms with Gasteiger partial charge in [0.25, 0.3) is 5.91 Å². The molecule has 0 unspecified atom stereocenters. The predicted octanol–water partition coefficient (Wildman–Crippen LogP) is 3.53. The van der Waals surface area contributed by atoms with Crippen LogP contribution in [-0.2, 0) is 13.6 Å².